The first-order valence-corrected chi connectivity index (χ1v) is 8.15. The van der Waals surface area contributed by atoms with Gasteiger partial charge in [0.2, 0.25) is 0 Å². The Labute approximate surface area is 122 Å². The average molecular weight is 271 g/mol. The topological polar surface area (TPSA) is 20.2 Å². The van der Waals surface area contributed by atoms with E-state index in [0.717, 1.165) is 12.8 Å². The molecule has 1 atom stereocenters. The molecule has 1 rings (SSSR count). The number of hydrogen-bond acceptors (Lipinski definition) is 1. The smallest absolute Gasteiger partial charge is 0.0837 e. The van der Waals surface area contributed by atoms with Crippen LogP contribution in [0.4, 0.5) is 0 Å². The van der Waals surface area contributed by atoms with E-state index in [-0.39, 0.29) is 0 Å². The minimum absolute atomic E-state index is 0.481. The Kier molecular flexibility index (Phi) is 11.6. The predicted octanol–water partition coefficient (Wildman–Crippen LogP) is 5.97. The second-order valence-corrected chi connectivity index (χ2v) is 6.44. The van der Waals surface area contributed by atoms with Crippen LogP contribution >= 0.6 is 0 Å². The van der Waals surface area contributed by atoms with Crippen molar-refractivity contribution in [3.63, 3.8) is 0 Å². The van der Waals surface area contributed by atoms with Gasteiger partial charge in [0.1, 0.15) is 0 Å². The van der Waals surface area contributed by atoms with Crippen LogP contribution in [-0.4, -0.2) is 10.7 Å². The van der Waals surface area contributed by atoms with Crippen molar-refractivity contribution in [2.75, 3.05) is 0 Å². The SMILES string of the molecule is CC(C)C1=C(C(C)C)C(C)(O)CC1.CCC.CCC. The van der Waals surface area contributed by atoms with E-state index < -0.39 is 5.60 Å². The summed E-state index contributed by atoms with van der Waals surface area (Å²) >= 11 is 0. The molecule has 1 N–H and O–H groups in total. The van der Waals surface area contributed by atoms with E-state index in [0.29, 0.717) is 11.8 Å². The van der Waals surface area contributed by atoms with Crippen molar-refractivity contribution in [1.29, 1.82) is 0 Å². The average Bonchev–Trinajstić information content (AvgIpc) is 2.56. The molecule has 0 saturated heterocycles. The Hall–Kier alpha value is -0.300. The molecule has 1 heteroatoms. The number of rotatable bonds is 2. The number of aliphatic hydroxyl groups is 1. The summed E-state index contributed by atoms with van der Waals surface area (Å²) in [4.78, 5) is 0. The summed E-state index contributed by atoms with van der Waals surface area (Å²) in [7, 11) is 0. The third kappa shape index (κ3) is 7.77. The summed E-state index contributed by atoms with van der Waals surface area (Å²) in [6.07, 6.45) is 4.49. The maximum absolute atomic E-state index is 10.2. The molecule has 0 aromatic rings. The summed E-state index contributed by atoms with van der Waals surface area (Å²) in [5.74, 6) is 1.07. The summed E-state index contributed by atoms with van der Waals surface area (Å²) in [6.45, 7) is 19.3. The molecule has 0 bridgehead atoms. The van der Waals surface area contributed by atoms with E-state index in [1.54, 1.807) is 0 Å². The van der Waals surface area contributed by atoms with E-state index in [4.69, 9.17) is 0 Å². The second kappa shape index (κ2) is 10.5. The lowest BCUT2D eigenvalue weighted by Gasteiger charge is -2.25. The molecule has 0 amide bonds. The van der Waals surface area contributed by atoms with Crippen LogP contribution in [0.3, 0.4) is 0 Å². The van der Waals surface area contributed by atoms with Gasteiger partial charge in [-0.25, -0.2) is 0 Å². The lowest BCUT2D eigenvalue weighted by molar-refractivity contribution is 0.0913. The zero-order valence-electron chi connectivity index (χ0n) is 14.9. The fourth-order valence-corrected chi connectivity index (χ4v) is 2.59. The largest absolute Gasteiger partial charge is 0.386 e. The summed E-state index contributed by atoms with van der Waals surface area (Å²) < 4.78 is 0. The van der Waals surface area contributed by atoms with Gasteiger partial charge in [-0.2, -0.15) is 0 Å². The van der Waals surface area contributed by atoms with Crippen molar-refractivity contribution in [2.45, 2.75) is 93.6 Å². The highest BCUT2D eigenvalue weighted by molar-refractivity contribution is 5.31. The van der Waals surface area contributed by atoms with Crippen LogP contribution in [-0.2, 0) is 0 Å². The first kappa shape index (κ1) is 21.0. The van der Waals surface area contributed by atoms with E-state index in [1.807, 2.05) is 6.92 Å². The highest BCUT2D eigenvalue weighted by Crippen LogP contribution is 2.42. The Balaban J connectivity index is 0. The van der Waals surface area contributed by atoms with Gasteiger partial charge in [-0.1, -0.05) is 73.8 Å². The van der Waals surface area contributed by atoms with Gasteiger partial charge in [0.05, 0.1) is 5.60 Å². The van der Waals surface area contributed by atoms with Crippen molar-refractivity contribution in [3.8, 4) is 0 Å². The van der Waals surface area contributed by atoms with E-state index >= 15 is 0 Å². The molecule has 0 aromatic heterocycles. The third-order valence-electron chi connectivity index (χ3n) is 3.08. The van der Waals surface area contributed by atoms with Crippen molar-refractivity contribution < 1.29 is 5.11 Å². The fourth-order valence-electron chi connectivity index (χ4n) is 2.59. The normalized spacial score (nSPS) is 22.1. The van der Waals surface area contributed by atoms with Crippen molar-refractivity contribution in [3.05, 3.63) is 11.1 Å². The third-order valence-corrected chi connectivity index (χ3v) is 3.08. The molecule has 1 aliphatic carbocycles. The molecule has 0 heterocycles. The number of allylic oxidation sites excluding steroid dienone is 1. The summed E-state index contributed by atoms with van der Waals surface area (Å²) in [6, 6.07) is 0. The molecule has 0 spiro atoms. The van der Waals surface area contributed by atoms with Crippen LogP contribution in [0.25, 0.3) is 0 Å². The van der Waals surface area contributed by atoms with Crippen LogP contribution in [0.2, 0.25) is 0 Å². The fraction of sp³-hybridized carbons (Fsp3) is 0.889. The highest BCUT2D eigenvalue weighted by atomic mass is 16.3. The monoisotopic (exact) mass is 270 g/mol. The minimum Gasteiger partial charge on any atom is -0.386 e. The zero-order chi connectivity index (χ0) is 15.6. The molecule has 0 aromatic carbocycles. The van der Waals surface area contributed by atoms with Crippen LogP contribution < -0.4 is 0 Å². The summed E-state index contributed by atoms with van der Waals surface area (Å²) in [5, 5.41) is 10.2. The highest BCUT2D eigenvalue weighted by Gasteiger charge is 2.36. The maximum atomic E-state index is 10.2. The lowest BCUT2D eigenvalue weighted by Crippen LogP contribution is -2.26. The standard InChI is InChI=1S/C12H22O.2C3H8/c1-8(2)10-6-7-12(5,13)11(10)9(3)4;2*1-3-2/h8-9,13H,6-7H2,1-5H3;2*3H2,1-2H3. The molecule has 0 radical (unpaired) electrons. The Bertz CT molecular complexity index is 244. The molecule has 0 saturated carbocycles. The Morgan fingerprint density at radius 1 is 0.947 bits per heavy atom. The first-order valence-electron chi connectivity index (χ1n) is 8.15. The zero-order valence-corrected chi connectivity index (χ0v) is 14.9. The number of hydrogen-bond donors (Lipinski definition) is 1. The van der Waals surface area contributed by atoms with Gasteiger partial charge in [0.15, 0.2) is 0 Å². The van der Waals surface area contributed by atoms with E-state index in [9.17, 15) is 5.11 Å². The van der Waals surface area contributed by atoms with Gasteiger partial charge in [-0.15, -0.1) is 0 Å². The molecule has 0 fully saturated rings. The van der Waals surface area contributed by atoms with Gasteiger partial charge >= 0.3 is 0 Å². The lowest BCUT2D eigenvalue weighted by atomic mass is 9.86. The molecule has 0 aliphatic heterocycles. The second-order valence-electron chi connectivity index (χ2n) is 6.44. The van der Waals surface area contributed by atoms with Crippen LogP contribution in [0.15, 0.2) is 11.1 Å². The van der Waals surface area contributed by atoms with E-state index in [1.165, 1.54) is 24.0 Å². The van der Waals surface area contributed by atoms with Crippen molar-refractivity contribution >= 4 is 0 Å². The van der Waals surface area contributed by atoms with Crippen molar-refractivity contribution in [2.24, 2.45) is 11.8 Å². The van der Waals surface area contributed by atoms with Gasteiger partial charge in [0, 0.05) is 0 Å². The molecule has 1 aliphatic rings. The molecular formula is C18H38O. The Morgan fingerprint density at radius 3 is 1.53 bits per heavy atom. The van der Waals surface area contributed by atoms with Crippen LogP contribution in [0.5, 0.6) is 0 Å². The van der Waals surface area contributed by atoms with E-state index in [2.05, 4.69) is 55.4 Å². The predicted molar refractivity (Wildman–Crippen MR) is 88.5 cm³/mol. The Morgan fingerprint density at radius 2 is 1.32 bits per heavy atom. The molecule has 19 heavy (non-hydrogen) atoms. The molecule has 1 unspecified atom stereocenters. The van der Waals surface area contributed by atoms with Gasteiger partial charge in [-0.05, 0) is 37.2 Å². The maximum Gasteiger partial charge on any atom is 0.0837 e. The minimum atomic E-state index is -0.534. The first-order chi connectivity index (χ1) is 8.69. The van der Waals surface area contributed by atoms with Crippen molar-refractivity contribution in [1.82, 2.24) is 0 Å². The molecule has 1 nitrogen and oxygen atoms in total. The van der Waals surface area contributed by atoms with Crippen LogP contribution in [0.1, 0.15) is 88.0 Å². The molecule has 116 valence electrons. The van der Waals surface area contributed by atoms with Gasteiger partial charge < -0.3 is 5.11 Å². The summed E-state index contributed by atoms with van der Waals surface area (Å²) in [5.41, 5.74) is 2.25. The quantitative estimate of drug-likeness (QED) is 0.613. The van der Waals surface area contributed by atoms with Gasteiger partial charge in [0.25, 0.3) is 0 Å². The van der Waals surface area contributed by atoms with Crippen LogP contribution in [0, 0.1) is 11.8 Å². The van der Waals surface area contributed by atoms with Gasteiger partial charge in [-0.3, -0.25) is 0 Å². The molecular weight excluding hydrogens is 232 g/mol.